The largest absolute Gasteiger partial charge is 0.479 e. The molecule has 2 N–H and O–H groups in total. The molecule has 102 valence electrons. The van der Waals surface area contributed by atoms with E-state index in [0.29, 0.717) is 18.6 Å². The molecule has 5 nitrogen and oxygen atoms in total. The highest BCUT2D eigenvalue weighted by atomic mass is 16.5. The van der Waals surface area contributed by atoms with E-state index in [2.05, 4.69) is 5.32 Å². The summed E-state index contributed by atoms with van der Waals surface area (Å²) >= 11 is 0. The van der Waals surface area contributed by atoms with Crippen molar-refractivity contribution >= 4 is 11.9 Å². The van der Waals surface area contributed by atoms with Gasteiger partial charge in [-0.2, -0.15) is 0 Å². The molecule has 1 aliphatic heterocycles. The molecule has 5 heteroatoms. The van der Waals surface area contributed by atoms with Crippen molar-refractivity contribution in [1.29, 1.82) is 0 Å². The number of nitrogens with one attached hydrogen (secondary N) is 1. The van der Waals surface area contributed by atoms with Gasteiger partial charge >= 0.3 is 5.97 Å². The monoisotopic (exact) mass is 263 g/mol. The summed E-state index contributed by atoms with van der Waals surface area (Å²) in [5.74, 6) is -1.46. The first-order valence-electron chi connectivity index (χ1n) is 6.25. The Hall–Kier alpha value is -1.88. The smallest absolute Gasteiger partial charge is 0.330 e. The quantitative estimate of drug-likeness (QED) is 0.863. The van der Waals surface area contributed by atoms with E-state index in [9.17, 15) is 14.7 Å². The van der Waals surface area contributed by atoms with Crippen molar-refractivity contribution in [3.63, 3.8) is 0 Å². The van der Waals surface area contributed by atoms with E-state index in [0.717, 1.165) is 6.42 Å². The molecule has 1 amide bonds. The maximum absolute atomic E-state index is 12.2. The number of carbonyl (C=O) groups excluding carboxylic acids is 1. The number of carboxylic acid groups (broad SMARTS) is 1. The van der Waals surface area contributed by atoms with Gasteiger partial charge in [0.15, 0.2) is 6.04 Å². The topological polar surface area (TPSA) is 75.6 Å². The molecule has 0 radical (unpaired) electrons. The lowest BCUT2D eigenvalue weighted by atomic mass is 10.00. The maximum atomic E-state index is 12.2. The van der Waals surface area contributed by atoms with E-state index in [1.54, 1.807) is 37.3 Å². The summed E-state index contributed by atoms with van der Waals surface area (Å²) in [5, 5.41) is 11.8. The molecule has 1 fully saturated rings. The van der Waals surface area contributed by atoms with Gasteiger partial charge in [0.25, 0.3) is 5.91 Å². The second-order valence-corrected chi connectivity index (χ2v) is 4.84. The van der Waals surface area contributed by atoms with Crippen molar-refractivity contribution in [1.82, 2.24) is 5.32 Å². The molecule has 0 bridgehead atoms. The molecule has 19 heavy (non-hydrogen) atoms. The van der Waals surface area contributed by atoms with E-state index in [-0.39, 0.29) is 5.91 Å². The summed E-state index contributed by atoms with van der Waals surface area (Å²) in [6, 6.07) is 7.59. The fourth-order valence-corrected chi connectivity index (χ4v) is 2.18. The zero-order valence-corrected chi connectivity index (χ0v) is 10.8. The van der Waals surface area contributed by atoms with Crippen LogP contribution in [0.15, 0.2) is 30.3 Å². The van der Waals surface area contributed by atoms with Crippen LogP contribution in [0, 0.1) is 0 Å². The van der Waals surface area contributed by atoms with Crippen LogP contribution < -0.4 is 5.32 Å². The third-order valence-electron chi connectivity index (χ3n) is 3.35. The van der Waals surface area contributed by atoms with Gasteiger partial charge in [-0.3, -0.25) is 4.79 Å². The predicted octanol–water partition coefficient (Wildman–Crippen LogP) is 1.50. The standard InChI is InChI=1S/C14H17NO4/c1-14(8-5-9-19-14)13(18)15-11(12(16)17)10-6-3-2-4-7-10/h2-4,6-7,11H,5,8-9H2,1H3,(H,15,18)(H,16,17). The Bertz CT molecular complexity index is 466. The number of carbonyl (C=O) groups is 2. The SMILES string of the molecule is CC1(C(=O)NC(C(=O)O)c2ccccc2)CCCO1. The molecule has 0 saturated carbocycles. The molecule has 1 heterocycles. The third kappa shape index (κ3) is 2.93. The Morgan fingerprint density at radius 2 is 2.05 bits per heavy atom. The molecule has 0 aliphatic carbocycles. The van der Waals surface area contributed by atoms with Gasteiger partial charge in [-0.25, -0.2) is 4.79 Å². The van der Waals surface area contributed by atoms with Gasteiger partial charge in [-0.15, -0.1) is 0 Å². The zero-order chi connectivity index (χ0) is 13.9. The van der Waals surface area contributed by atoms with Gasteiger partial charge < -0.3 is 15.2 Å². The lowest BCUT2D eigenvalue weighted by Gasteiger charge is -2.24. The molecular weight excluding hydrogens is 246 g/mol. The van der Waals surface area contributed by atoms with Gasteiger partial charge in [0.2, 0.25) is 0 Å². The Kier molecular flexibility index (Phi) is 3.85. The van der Waals surface area contributed by atoms with Crippen LogP contribution in [-0.2, 0) is 14.3 Å². The highest BCUT2D eigenvalue weighted by Crippen LogP contribution is 2.26. The number of amides is 1. The van der Waals surface area contributed by atoms with Crippen molar-refractivity contribution in [3.8, 4) is 0 Å². The molecule has 1 aliphatic rings. The maximum Gasteiger partial charge on any atom is 0.330 e. The number of carboxylic acids is 1. The summed E-state index contributed by atoms with van der Waals surface area (Å²) in [7, 11) is 0. The van der Waals surface area contributed by atoms with Crippen LogP contribution in [0.4, 0.5) is 0 Å². The first-order valence-corrected chi connectivity index (χ1v) is 6.25. The molecule has 2 rings (SSSR count). The predicted molar refractivity (Wildman–Crippen MR) is 68.6 cm³/mol. The average molecular weight is 263 g/mol. The second kappa shape index (κ2) is 5.40. The lowest BCUT2D eigenvalue weighted by Crippen LogP contribution is -2.47. The summed E-state index contributed by atoms with van der Waals surface area (Å²) in [5.41, 5.74) is -0.368. The number of hydrogen-bond acceptors (Lipinski definition) is 3. The number of aliphatic carboxylic acids is 1. The zero-order valence-electron chi connectivity index (χ0n) is 10.8. The number of hydrogen-bond donors (Lipinski definition) is 2. The molecule has 0 aromatic heterocycles. The van der Waals surface area contributed by atoms with Crippen LogP contribution in [0.2, 0.25) is 0 Å². The van der Waals surface area contributed by atoms with Gasteiger partial charge in [-0.05, 0) is 25.3 Å². The minimum atomic E-state index is -1.08. The van der Waals surface area contributed by atoms with Crippen molar-refractivity contribution in [2.24, 2.45) is 0 Å². The normalized spacial score (nSPS) is 23.8. The fourth-order valence-electron chi connectivity index (χ4n) is 2.18. The molecule has 2 unspecified atom stereocenters. The van der Waals surface area contributed by atoms with E-state index in [1.807, 2.05) is 0 Å². The first-order chi connectivity index (χ1) is 9.03. The van der Waals surface area contributed by atoms with Crippen molar-refractivity contribution in [3.05, 3.63) is 35.9 Å². The van der Waals surface area contributed by atoms with Gasteiger partial charge in [0.1, 0.15) is 5.60 Å². The van der Waals surface area contributed by atoms with Crippen LogP contribution in [0.3, 0.4) is 0 Å². The Morgan fingerprint density at radius 1 is 1.37 bits per heavy atom. The summed E-state index contributed by atoms with van der Waals surface area (Å²) < 4.78 is 5.41. The Morgan fingerprint density at radius 3 is 2.58 bits per heavy atom. The summed E-state index contributed by atoms with van der Waals surface area (Å²) in [4.78, 5) is 23.5. The molecule has 1 saturated heterocycles. The highest BCUT2D eigenvalue weighted by Gasteiger charge is 2.39. The highest BCUT2D eigenvalue weighted by molar-refractivity contribution is 5.89. The van der Waals surface area contributed by atoms with Crippen LogP contribution in [0.25, 0.3) is 0 Å². The van der Waals surface area contributed by atoms with Crippen molar-refractivity contribution in [2.45, 2.75) is 31.4 Å². The molecular formula is C14H17NO4. The number of benzene rings is 1. The minimum absolute atomic E-state index is 0.374. The second-order valence-electron chi connectivity index (χ2n) is 4.84. The van der Waals surface area contributed by atoms with Crippen LogP contribution in [-0.4, -0.2) is 29.2 Å². The third-order valence-corrected chi connectivity index (χ3v) is 3.35. The van der Waals surface area contributed by atoms with Gasteiger partial charge in [0, 0.05) is 6.61 Å². The summed E-state index contributed by atoms with van der Waals surface area (Å²) in [6.45, 7) is 2.23. The molecule has 0 spiro atoms. The van der Waals surface area contributed by atoms with E-state index >= 15 is 0 Å². The van der Waals surface area contributed by atoms with E-state index < -0.39 is 17.6 Å². The lowest BCUT2D eigenvalue weighted by molar-refractivity contribution is -0.147. The molecule has 1 aromatic rings. The fraction of sp³-hybridized carbons (Fsp3) is 0.429. The Labute approximate surface area is 111 Å². The summed E-state index contributed by atoms with van der Waals surface area (Å²) in [6.07, 6.45) is 1.42. The molecule has 1 aromatic carbocycles. The molecule has 2 atom stereocenters. The van der Waals surface area contributed by atoms with Crippen molar-refractivity contribution < 1.29 is 19.4 Å². The van der Waals surface area contributed by atoms with Crippen LogP contribution >= 0.6 is 0 Å². The number of rotatable bonds is 4. The Balaban J connectivity index is 2.14. The van der Waals surface area contributed by atoms with Gasteiger partial charge in [-0.1, -0.05) is 30.3 Å². The van der Waals surface area contributed by atoms with Gasteiger partial charge in [0.05, 0.1) is 0 Å². The van der Waals surface area contributed by atoms with E-state index in [4.69, 9.17) is 4.74 Å². The van der Waals surface area contributed by atoms with Crippen molar-refractivity contribution in [2.75, 3.05) is 6.61 Å². The number of ether oxygens (including phenoxy) is 1. The minimum Gasteiger partial charge on any atom is -0.479 e. The van der Waals surface area contributed by atoms with Crippen LogP contribution in [0.5, 0.6) is 0 Å². The van der Waals surface area contributed by atoms with E-state index in [1.165, 1.54) is 0 Å². The van der Waals surface area contributed by atoms with Crippen LogP contribution in [0.1, 0.15) is 31.4 Å². The first kappa shape index (κ1) is 13.5. The average Bonchev–Trinajstić information content (AvgIpc) is 2.84.